The Morgan fingerprint density at radius 2 is 2.08 bits per heavy atom. The highest BCUT2D eigenvalue weighted by Gasteiger charge is 2.67. The number of nitrogens with one attached hydrogen (secondary N) is 1. The number of anilines is 1. The van der Waals surface area contributed by atoms with Crippen LogP contribution >= 0.6 is 0 Å². The van der Waals surface area contributed by atoms with E-state index in [2.05, 4.69) is 29.6 Å². The van der Waals surface area contributed by atoms with E-state index < -0.39 is 0 Å². The Morgan fingerprint density at radius 3 is 3.08 bits per heavy atom. The molecule has 1 aromatic carbocycles. The highest BCUT2D eigenvalue weighted by Crippen LogP contribution is 2.58. The molecule has 0 unspecified atom stereocenters. The van der Waals surface area contributed by atoms with Crippen molar-refractivity contribution in [3.63, 3.8) is 0 Å². The third-order valence-corrected chi connectivity index (χ3v) is 3.30. The molecule has 0 radical (unpaired) electrons. The van der Waals surface area contributed by atoms with Gasteiger partial charge in [0.1, 0.15) is 6.10 Å². The van der Waals surface area contributed by atoms with Crippen molar-refractivity contribution < 1.29 is 4.74 Å². The van der Waals surface area contributed by atoms with Gasteiger partial charge in [-0.2, -0.15) is 0 Å². The van der Waals surface area contributed by atoms with Crippen LogP contribution < -0.4 is 5.32 Å². The molecule has 2 heterocycles. The van der Waals surface area contributed by atoms with E-state index in [9.17, 15) is 0 Å². The lowest BCUT2D eigenvalue weighted by molar-refractivity contribution is 0.410. The van der Waals surface area contributed by atoms with E-state index in [4.69, 9.17) is 4.74 Å². The van der Waals surface area contributed by atoms with Crippen molar-refractivity contribution in [3.8, 4) is 0 Å². The molecule has 3 aliphatic rings. The van der Waals surface area contributed by atoms with Gasteiger partial charge in [0.2, 0.25) is 0 Å². The number of epoxide rings is 1. The van der Waals surface area contributed by atoms with Crippen LogP contribution in [-0.4, -0.2) is 18.2 Å². The molecular formula is C10H9NO. The lowest BCUT2D eigenvalue weighted by Gasteiger charge is -2.24. The minimum Gasteiger partial charge on any atom is -0.379 e. The van der Waals surface area contributed by atoms with Crippen molar-refractivity contribution in [2.75, 3.05) is 5.32 Å². The maximum atomic E-state index is 5.49. The molecule has 2 aliphatic heterocycles. The number of hydrogen-bond donors (Lipinski definition) is 1. The molecule has 4 rings (SSSR count). The zero-order valence-electron chi connectivity index (χ0n) is 6.53. The third-order valence-electron chi connectivity index (χ3n) is 3.30. The zero-order chi connectivity index (χ0) is 7.71. The van der Waals surface area contributed by atoms with Gasteiger partial charge >= 0.3 is 0 Å². The Bertz CT molecular complexity index is 363. The van der Waals surface area contributed by atoms with Crippen molar-refractivity contribution in [1.82, 2.24) is 0 Å². The van der Waals surface area contributed by atoms with Gasteiger partial charge in [-0.3, -0.25) is 0 Å². The number of rotatable bonds is 0. The lowest BCUT2D eigenvalue weighted by Crippen LogP contribution is -2.40. The largest absolute Gasteiger partial charge is 0.379 e. The standard InChI is InChI=1S/C10H9NO/c1-2-4-6-5(3-1)7-8(11-6)10-9(7)12-10/h1-4,7-11H/t7-,8+,9+,10-/m1/s1. The van der Waals surface area contributed by atoms with Crippen LogP contribution in [0.3, 0.4) is 0 Å². The van der Waals surface area contributed by atoms with Gasteiger partial charge in [0.05, 0.1) is 12.1 Å². The van der Waals surface area contributed by atoms with Gasteiger partial charge in [0.25, 0.3) is 0 Å². The van der Waals surface area contributed by atoms with Gasteiger partial charge in [-0.05, 0) is 11.6 Å². The van der Waals surface area contributed by atoms with Gasteiger partial charge in [-0.25, -0.2) is 0 Å². The normalized spacial score (nSPS) is 45.0. The molecule has 2 heteroatoms. The molecule has 1 saturated carbocycles. The monoisotopic (exact) mass is 159 g/mol. The first-order chi connectivity index (χ1) is 5.95. The lowest BCUT2D eigenvalue weighted by atomic mass is 9.78. The number of benzene rings is 1. The van der Waals surface area contributed by atoms with Gasteiger partial charge in [0.15, 0.2) is 0 Å². The number of fused-ring (bicyclic) bond motifs is 6. The first-order valence-corrected chi connectivity index (χ1v) is 4.46. The summed E-state index contributed by atoms with van der Waals surface area (Å²) in [6, 6.07) is 9.16. The number of para-hydroxylation sites is 1. The fraction of sp³-hybridized carbons (Fsp3) is 0.400. The van der Waals surface area contributed by atoms with Crippen LogP contribution in [0.2, 0.25) is 0 Å². The Labute approximate surface area is 70.5 Å². The Morgan fingerprint density at radius 1 is 1.17 bits per heavy atom. The fourth-order valence-electron chi connectivity index (χ4n) is 2.62. The Kier molecular flexibility index (Phi) is 0.711. The molecular weight excluding hydrogens is 150 g/mol. The molecule has 0 spiro atoms. The quantitative estimate of drug-likeness (QED) is 0.578. The maximum absolute atomic E-state index is 5.49. The summed E-state index contributed by atoms with van der Waals surface area (Å²) in [4.78, 5) is 0. The highest BCUT2D eigenvalue weighted by atomic mass is 16.6. The maximum Gasteiger partial charge on any atom is 0.106 e. The number of hydrogen-bond acceptors (Lipinski definition) is 2. The molecule has 12 heavy (non-hydrogen) atoms. The van der Waals surface area contributed by atoms with E-state index in [1.807, 2.05) is 0 Å². The van der Waals surface area contributed by atoms with Crippen LogP contribution in [0.5, 0.6) is 0 Å². The predicted octanol–water partition coefficient (Wildman–Crippen LogP) is 1.35. The molecule has 1 saturated heterocycles. The van der Waals surface area contributed by atoms with Crippen LogP contribution in [0.25, 0.3) is 0 Å². The minimum atomic E-state index is 0.530. The van der Waals surface area contributed by atoms with Crippen molar-refractivity contribution in [2.45, 2.75) is 24.2 Å². The molecule has 2 nitrogen and oxygen atoms in total. The summed E-state index contributed by atoms with van der Waals surface area (Å²) in [5.41, 5.74) is 2.78. The molecule has 60 valence electrons. The molecule has 0 aromatic heterocycles. The van der Waals surface area contributed by atoms with E-state index in [1.165, 1.54) is 11.3 Å². The summed E-state index contributed by atoms with van der Waals surface area (Å²) in [5.74, 6) is 0.659. The van der Waals surface area contributed by atoms with E-state index in [1.54, 1.807) is 0 Å². The van der Waals surface area contributed by atoms with Gasteiger partial charge < -0.3 is 10.1 Å². The smallest absolute Gasteiger partial charge is 0.106 e. The Hall–Kier alpha value is -1.02. The Balaban J connectivity index is 1.91. The van der Waals surface area contributed by atoms with E-state index >= 15 is 0 Å². The van der Waals surface area contributed by atoms with Crippen molar-refractivity contribution >= 4 is 5.69 Å². The highest BCUT2D eigenvalue weighted by molar-refractivity contribution is 5.64. The van der Waals surface area contributed by atoms with E-state index in [-0.39, 0.29) is 0 Å². The van der Waals surface area contributed by atoms with Crippen LogP contribution in [0, 0.1) is 0 Å². The summed E-state index contributed by atoms with van der Waals surface area (Å²) >= 11 is 0. The summed E-state index contributed by atoms with van der Waals surface area (Å²) in [6.45, 7) is 0. The van der Waals surface area contributed by atoms with Crippen LogP contribution in [-0.2, 0) is 4.74 Å². The second kappa shape index (κ2) is 1.52. The SMILES string of the molecule is c1ccc2c(c1)N[C@@H]1[C@H]3O[C@H]3[C@H]21. The molecule has 4 atom stereocenters. The molecule has 0 amide bonds. The van der Waals surface area contributed by atoms with Crippen LogP contribution in [0.15, 0.2) is 24.3 Å². The fourth-order valence-corrected chi connectivity index (χ4v) is 2.62. The van der Waals surface area contributed by atoms with Crippen LogP contribution in [0.1, 0.15) is 11.5 Å². The average molecular weight is 159 g/mol. The second-order valence-electron chi connectivity index (χ2n) is 3.85. The summed E-state index contributed by atoms with van der Waals surface area (Å²) in [7, 11) is 0. The topological polar surface area (TPSA) is 24.6 Å². The van der Waals surface area contributed by atoms with Gasteiger partial charge in [-0.15, -0.1) is 0 Å². The molecule has 1 N–H and O–H groups in total. The first-order valence-electron chi connectivity index (χ1n) is 4.46. The van der Waals surface area contributed by atoms with Gasteiger partial charge in [-0.1, -0.05) is 18.2 Å². The van der Waals surface area contributed by atoms with Crippen LogP contribution in [0.4, 0.5) is 5.69 Å². The summed E-state index contributed by atoms with van der Waals surface area (Å²) < 4.78 is 5.49. The summed E-state index contributed by atoms with van der Waals surface area (Å²) in [5, 5.41) is 3.50. The minimum absolute atomic E-state index is 0.530. The predicted molar refractivity (Wildman–Crippen MR) is 45.3 cm³/mol. The molecule has 1 aliphatic carbocycles. The third kappa shape index (κ3) is 0.442. The summed E-state index contributed by atoms with van der Waals surface area (Å²) in [6.07, 6.45) is 1.08. The average Bonchev–Trinajstić information content (AvgIpc) is 2.70. The van der Waals surface area contributed by atoms with Crippen molar-refractivity contribution in [2.24, 2.45) is 0 Å². The molecule has 1 aromatic rings. The number of ether oxygens (including phenoxy) is 1. The van der Waals surface area contributed by atoms with E-state index in [0.29, 0.717) is 24.2 Å². The molecule has 0 bridgehead atoms. The van der Waals surface area contributed by atoms with Crippen molar-refractivity contribution in [3.05, 3.63) is 29.8 Å². The zero-order valence-corrected chi connectivity index (χ0v) is 6.53. The van der Waals surface area contributed by atoms with E-state index in [0.717, 1.165) is 0 Å². The molecule has 2 fully saturated rings. The van der Waals surface area contributed by atoms with Gasteiger partial charge in [0, 0.05) is 11.6 Å². The van der Waals surface area contributed by atoms with Crippen molar-refractivity contribution in [1.29, 1.82) is 0 Å². The first kappa shape index (κ1) is 5.60. The second-order valence-corrected chi connectivity index (χ2v) is 3.85.